The normalized spacial score (nSPS) is 18.5. The predicted octanol–water partition coefficient (Wildman–Crippen LogP) is 4.55. The van der Waals surface area contributed by atoms with Gasteiger partial charge in [-0.15, -0.1) is 0 Å². The van der Waals surface area contributed by atoms with Crippen molar-refractivity contribution in [2.75, 3.05) is 26.3 Å². The Morgan fingerprint density at radius 2 is 1.91 bits per heavy atom. The van der Waals surface area contributed by atoms with E-state index in [1.54, 1.807) is 30.4 Å². The highest BCUT2D eigenvalue weighted by Crippen LogP contribution is 2.35. The molecule has 172 valence electrons. The molecule has 0 radical (unpaired) electrons. The number of ether oxygens (including phenoxy) is 1. The largest absolute Gasteiger partial charge is 0.763 e. The third-order valence-corrected chi connectivity index (χ3v) is 5.29. The molecule has 2 aliphatic rings. The van der Waals surface area contributed by atoms with Gasteiger partial charge >= 0.3 is 6.04 Å². The van der Waals surface area contributed by atoms with Gasteiger partial charge in [0, 0.05) is 24.4 Å². The minimum atomic E-state index is -0.866. The molecule has 2 rings (SSSR count). The fourth-order valence-corrected chi connectivity index (χ4v) is 3.61. The predicted molar refractivity (Wildman–Crippen MR) is 132 cm³/mol. The maximum Gasteiger partial charge on any atom is 0.311 e. The maximum atomic E-state index is 9.33. The van der Waals surface area contributed by atoms with Crippen LogP contribution in [0.15, 0.2) is 76.2 Å². The van der Waals surface area contributed by atoms with Gasteiger partial charge in [-0.3, -0.25) is 10.7 Å². The van der Waals surface area contributed by atoms with Crippen LogP contribution < -0.4 is 0 Å². The fourth-order valence-electron chi connectivity index (χ4n) is 3.61. The van der Waals surface area contributed by atoms with Gasteiger partial charge in [-0.2, -0.15) is 10.5 Å². The standard InChI is InChI=1S/C27H22N7O/c1-32-25(19-30)15-21(17-28)5-3-7-23-9-10-24(27(23)34-11-13-35-14-12-34)8-4-6-22(18-29)16-26(20-31)33-2/h3-8,15,26H,9-14,16H2/q-1/b5-3+,8-4+,22-6-,23-7+,25-15+. The number of rotatable bonds is 8. The fraction of sp³-hybridized carbons (Fsp3) is 0.296. The molecule has 0 aromatic heterocycles. The van der Waals surface area contributed by atoms with Gasteiger partial charge in [-0.1, -0.05) is 30.4 Å². The summed E-state index contributed by atoms with van der Waals surface area (Å²) >= 11 is 0. The Morgan fingerprint density at radius 3 is 2.51 bits per heavy atom. The highest BCUT2D eigenvalue weighted by atomic mass is 16.5. The minimum absolute atomic E-state index is 0.0966. The van der Waals surface area contributed by atoms with E-state index in [0.29, 0.717) is 18.8 Å². The second-order valence-corrected chi connectivity index (χ2v) is 7.49. The molecule has 0 N–H and O–H groups in total. The van der Waals surface area contributed by atoms with Gasteiger partial charge in [-0.05, 0) is 41.7 Å². The van der Waals surface area contributed by atoms with Crippen LogP contribution in [0.25, 0.3) is 15.1 Å². The van der Waals surface area contributed by atoms with Gasteiger partial charge in [0.05, 0.1) is 38.3 Å². The van der Waals surface area contributed by atoms with Crippen molar-refractivity contribution in [3.05, 3.63) is 104 Å². The molecule has 1 saturated heterocycles. The van der Waals surface area contributed by atoms with E-state index in [4.69, 9.17) is 28.4 Å². The lowest BCUT2D eigenvalue weighted by atomic mass is 10.1. The van der Waals surface area contributed by atoms with Crippen LogP contribution >= 0.6 is 0 Å². The summed E-state index contributed by atoms with van der Waals surface area (Å²) < 4.78 is 5.49. The average Bonchev–Trinajstić information content (AvgIpc) is 3.31. The lowest BCUT2D eigenvalue weighted by molar-refractivity contribution is 0.0547. The van der Waals surface area contributed by atoms with Crippen LogP contribution in [-0.4, -0.2) is 43.1 Å². The Balaban J connectivity index is 2.34. The molecule has 0 amide bonds. The summed E-state index contributed by atoms with van der Waals surface area (Å²) in [6.45, 7) is 16.7. The second kappa shape index (κ2) is 14.3. The third-order valence-electron chi connectivity index (χ3n) is 5.29. The molecule has 0 bridgehead atoms. The van der Waals surface area contributed by atoms with E-state index in [1.165, 1.54) is 6.08 Å². The molecule has 8 heteroatoms. The Hall–Kier alpha value is -4.90. The van der Waals surface area contributed by atoms with Gasteiger partial charge in [0.2, 0.25) is 0 Å². The number of hydrogen-bond donors (Lipinski definition) is 0. The van der Waals surface area contributed by atoms with Crippen molar-refractivity contribution in [2.24, 2.45) is 0 Å². The van der Waals surface area contributed by atoms with Crippen LogP contribution in [0, 0.1) is 47.1 Å². The first kappa shape index (κ1) is 26.4. The van der Waals surface area contributed by atoms with Crippen LogP contribution in [0.1, 0.15) is 19.3 Å². The summed E-state index contributed by atoms with van der Waals surface area (Å²) in [6, 6.07) is 4.82. The molecular formula is C27H22N7O-. The topological polar surface area (TPSA) is 115 Å². The lowest BCUT2D eigenvalue weighted by Crippen LogP contribution is -2.36. The summed E-state index contributed by atoms with van der Waals surface area (Å²) in [7, 11) is 0. The number of allylic oxidation sites excluding steroid dienone is 11. The first-order chi connectivity index (χ1) is 17.1. The van der Waals surface area contributed by atoms with Crippen molar-refractivity contribution in [3.8, 4) is 18.2 Å². The summed E-state index contributed by atoms with van der Waals surface area (Å²) in [5.74, 6) is 1.98. The third kappa shape index (κ3) is 7.87. The maximum absolute atomic E-state index is 9.33. The van der Waals surface area contributed by atoms with Crippen molar-refractivity contribution in [1.29, 1.82) is 15.8 Å². The lowest BCUT2D eigenvalue weighted by Gasteiger charge is -2.31. The van der Waals surface area contributed by atoms with Gasteiger partial charge in [0.15, 0.2) is 6.07 Å². The zero-order valence-electron chi connectivity index (χ0n) is 19.1. The number of morpholine rings is 1. The monoisotopic (exact) mass is 460 g/mol. The van der Waals surface area contributed by atoms with E-state index in [0.717, 1.165) is 42.8 Å². The first-order valence-corrected chi connectivity index (χ1v) is 10.8. The highest BCUT2D eigenvalue weighted by molar-refractivity contribution is 5.70. The van der Waals surface area contributed by atoms with Crippen LogP contribution in [0.3, 0.4) is 0 Å². The van der Waals surface area contributed by atoms with Gasteiger partial charge in [0.1, 0.15) is 0 Å². The Bertz CT molecular complexity index is 1230. The van der Waals surface area contributed by atoms with E-state index in [2.05, 4.69) is 20.7 Å². The van der Waals surface area contributed by atoms with Crippen molar-refractivity contribution < 1.29 is 4.74 Å². The van der Waals surface area contributed by atoms with E-state index >= 15 is 0 Å². The zero-order chi connectivity index (χ0) is 25.5. The molecule has 35 heavy (non-hydrogen) atoms. The van der Waals surface area contributed by atoms with Gasteiger partial charge in [0.25, 0.3) is 5.70 Å². The van der Waals surface area contributed by atoms with Gasteiger partial charge < -0.3 is 15.0 Å². The Labute approximate surface area is 205 Å². The van der Waals surface area contributed by atoms with E-state index < -0.39 is 6.04 Å². The van der Waals surface area contributed by atoms with E-state index in [-0.39, 0.29) is 17.7 Å². The average molecular weight is 461 g/mol. The molecule has 0 aromatic carbocycles. The molecule has 1 atom stereocenters. The highest BCUT2D eigenvalue weighted by Gasteiger charge is 2.24. The summed E-state index contributed by atoms with van der Waals surface area (Å²) in [5, 5.41) is 36.5. The SMILES string of the molecule is [C-]#[N+]/C(C#N)=C/C(=C=[N-])/C=C/C=C1\CCC(/C=C/C=C(\C#N)CC(C#N)[N+]#[C-])=C1N1CCOCC1. The second-order valence-electron chi connectivity index (χ2n) is 7.49. The van der Waals surface area contributed by atoms with Crippen molar-refractivity contribution in [1.82, 2.24) is 4.90 Å². The molecule has 1 heterocycles. The van der Waals surface area contributed by atoms with Crippen molar-refractivity contribution in [2.45, 2.75) is 25.3 Å². The summed E-state index contributed by atoms with van der Waals surface area (Å²) in [4.78, 5) is 8.55. The molecule has 1 aliphatic heterocycles. The molecule has 8 nitrogen and oxygen atoms in total. The molecule has 1 fully saturated rings. The minimum Gasteiger partial charge on any atom is -0.763 e. The summed E-state index contributed by atoms with van der Waals surface area (Å²) in [5.41, 5.74) is 3.72. The molecule has 0 aromatic rings. The zero-order valence-corrected chi connectivity index (χ0v) is 19.1. The molecule has 0 saturated carbocycles. The van der Waals surface area contributed by atoms with E-state index in [9.17, 15) is 10.7 Å². The molecule has 1 aliphatic carbocycles. The molecule has 0 spiro atoms. The van der Waals surface area contributed by atoms with Crippen LogP contribution in [0.5, 0.6) is 0 Å². The Morgan fingerprint density at radius 1 is 1.14 bits per heavy atom. The number of nitrogens with zero attached hydrogens (tertiary/aromatic N) is 7. The summed E-state index contributed by atoms with van der Waals surface area (Å²) in [6.07, 6.45) is 13.6. The number of nitriles is 3. The van der Waals surface area contributed by atoms with Crippen LogP contribution in [-0.2, 0) is 4.74 Å². The smallest absolute Gasteiger partial charge is 0.311 e. The quantitative estimate of drug-likeness (QED) is 0.228. The Kier molecular flexibility index (Phi) is 10.8. The number of hydrogen-bond acceptors (Lipinski definition) is 5. The van der Waals surface area contributed by atoms with Crippen LogP contribution in [0.2, 0.25) is 0 Å². The van der Waals surface area contributed by atoms with Crippen LogP contribution in [0.4, 0.5) is 0 Å². The first-order valence-electron chi connectivity index (χ1n) is 10.8. The van der Waals surface area contributed by atoms with Crippen molar-refractivity contribution >= 4 is 5.87 Å². The molecular weight excluding hydrogens is 438 g/mol. The van der Waals surface area contributed by atoms with E-state index in [1.807, 2.05) is 24.1 Å². The van der Waals surface area contributed by atoms with Gasteiger partial charge in [-0.25, -0.2) is 16.7 Å². The van der Waals surface area contributed by atoms with Crippen molar-refractivity contribution in [3.63, 3.8) is 0 Å². The molecule has 1 unspecified atom stereocenters.